The second-order valence-corrected chi connectivity index (χ2v) is 3.55. The van der Waals surface area contributed by atoms with E-state index in [0.717, 1.165) is 12.1 Å². The molecule has 0 aliphatic rings. The summed E-state index contributed by atoms with van der Waals surface area (Å²) in [5.41, 5.74) is 2.33. The topological polar surface area (TPSA) is 16.1 Å². The summed E-state index contributed by atoms with van der Waals surface area (Å²) < 4.78 is 0. The number of hydrogen-bond acceptors (Lipinski definition) is 2. The fourth-order valence-corrected chi connectivity index (χ4v) is 1.19. The molecule has 2 nitrogen and oxygen atoms in total. The van der Waals surface area contributed by atoms with E-state index in [9.17, 15) is 0 Å². The standard InChI is InChI=1S/C11H18N2/c1-5-10-7-6-8-11(12-10)9(2)13(3)4/h6-9H,5H2,1-4H3/t9-/m1/s1. The van der Waals surface area contributed by atoms with E-state index in [2.05, 4.69) is 56.0 Å². The van der Waals surface area contributed by atoms with Gasteiger partial charge < -0.3 is 4.90 Å². The predicted molar refractivity (Wildman–Crippen MR) is 55.7 cm³/mol. The van der Waals surface area contributed by atoms with E-state index in [1.807, 2.05) is 0 Å². The fraction of sp³-hybridized carbons (Fsp3) is 0.545. The molecule has 0 aliphatic heterocycles. The van der Waals surface area contributed by atoms with Gasteiger partial charge in [-0.15, -0.1) is 0 Å². The Kier molecular flexibility index (Phi) is 3.43. The van der Waals surface area contributed by atoms with Crippen LogP contribution < -0.4 is 0 Å². The Balaban J connectivity index is 2.88. The van der Waals surface area contributed by atoms with Crippen LogP contribution in [0.15, 0.2) is 18.2 Å². The Labute approximate surface area is 80.6 Å². The van der Waals surface area contributed by atoms with Crippen molar-refractivity contribution in [1.29, 1.82) is 0 Å². The van der Waals surface area contributed by atoms with Crippen LogP contribution in [0.1, 0.15) is 31.3 Å². The molecule has 0 aromatic carbocycles. The van der Waals surface area contributed by atoms with E-state index in [1.54, 1.807) is 0 Å². The Morgan fingerprint density at radius 1 is 1.38 bits per heavy atom. The van der Waals surface area contributed by atoms with Crippen molar-refractivity contribution in [2.24, 2.45) is 0 Å². The minimum atomic E-state index is 0.395. The smallest absolute Gasteiger partial charge is 0.0575 e. The lowest BCUT2D eigenvalue weighted by molar-refractivity contribution is 0.315. The van der Waals surface area contributed by atoms with Crippen molar-refractivity contribution < 1.29 is 0 Å². The van der Waals surface area contributed by atoms with Gasteiger partial charge in [-0.05, 0) is 39.6 Å². The minimum absolute atomic E-state index is 0.395. The van der Waals surface area contributed by atoms with E-state index in [4.69, 9.17) is 0 Å². The number of aromatic nitrogens is 1. The van der Waals surface area contributed by atoms with E-state index in [-0.39, 0.29) is 0 Å². The van der Waals surface area contributed by atoms with Crippen molar-refractivity contribution >= 4 is 0 Å². The Bertz CT molecular complexity index is 269. The van der Waals surface area contributed by atoms with E-state index in [1.165, 1.54) is 5.69 Å². The summed E-state index contributed by atoms with van der Waals surface area (Å²) in [7, 11) is 4.15. The number of hydrogen-bond donors (Lipinski definition) is 0. The average Bonchev–Trinajstić information content (AvgIpc) is 2.16. The third-order valence-electron chi connectivity index (χ3n) is 2.39. The van der Waals surface area contributed by atoms with Crippen LogP contribution in [0.4, 0.5) is 0 Å². The molecule has 0 radical (unpaired) electrons. The van der Waals surface area contributed by atoms with Gasteiger partial charge in [-0.2, -0.15) is 0 Å². The van der Waals surface area contributed by atoms with Crippen molar-refractivity contribution in [2.45, 2.75) is 26.3 Å². The highest BCUT2D eigenvalue weighted by Gasteiger charge is 2.08. The fourth-order valence-electron chi connectivity index (χ4n) is 1.19. The predicted octanol–water partition coefficient (Wildman–Crippen LogP) is 2.27. The Morgan fingerprint density at radius 3 is 2.62 bits per heavy atom. The highest BCUT2D eigenvalue weighted by atomic mass is 15.1. The molecular weight excluding hydrogens is 160 g/mol. The molecule has 0 spiro atoms. The molecule has 0 N–H and O–H groups in total. The Hall–Kier alpha value is -0.890. The van der Waals surface area contributed by atoms with Gasteiger partial charge in [-0.3, -0.25) is 4.98 Å². The first-order valence-corrected chi connectivity index (χ1v) is 4.77. The molecule has 1 atom stereocenters. The van der Waals surface area contributed by atoms with Crippen molar-refractivity contribution in [3.63, 3.8) is 0 Å². The van der Waals surface area contributed by atoms with Gasteiger partial charge in [0.2, 0.25) is 0 Å². The van der Waals surface area contributed by atoms with Crippen LogP contribution in [-0.2, 0) is 6.42 Å². The molecule has 0 saturated heterocycles. The molecule has 0 fully saturated rings. The molecular formula is C11H18N2. The number of aryl methyl sites for hydroxylation is 1. The summed E-state index contributed by atoms with van der Waals surface area (Å²) in [5.74, 6) is 0. The molecule has 72 valence electrons. The summed E-state index contributed by atoms with van der Waals surface area (Å²) in [6, 6.07) is 6.64. The van der Waals surface area contributed by atoms with Crippen LogP contribution in [0.2, 0.25) is 0 Å². The second-order valence-electron chi connectivity index (χ2n) is 3.55. The molecule has 2 heteroatoms. The lowest BCUT2D eigenvalue weighted by Crippen LogP contribution is -2.18. The van der Waals surface area contributed by atoms with Crippen LogP contribution in [0.5, 0.6) is 0 Å². The zero-order valence-corrected chi connectivity index (χ0v) is 8.91. The van der Waals surface area contributed by atoms with Gasteiger partial charge in [-0.1, -0.05) is 13.0 Å². The van der Waals surface area contributed by atoms with Crippen LogP contribution in [0.3, 0.4) is 0 Å². The SMILES string of the molecule is CCc1cccc([C@@H](C)N(C)C)n1. The maximum absolute atomic E-state index is 4.57. The van der Waals surface area contributed by atoms with Gasteiger partial charge in [0.05, 0.1) is 5.69 Å². The van der Waals surface area contributed by atoms with Crippen molar-refractivity contribution in [3.8, 4) is 0 Å². The molecule has 0 amide bonds. The maximum atomic E-state index is 4.57. The van der Waals surface area contributed by atoms with Gasteiger partial charge in [0.15, 0.2) is 0 Å². The molecule has 13 heavy (non-hydrogen) atoms. The van der Waals surface area contributed by atoms with Crippen molar-refractivity contribution in [1.82, 2.24) is 9.88 Å². The van der Waals surface area contributed by atoms with E-state index in [0.29, 0.717) is 6.04 Å². The highest BCUT2D eigenvalue weighted by Crippen LogP contribution is 2.14. The largest absolute Gasteiger partial charge is 0.301 e. The van der Waals surface area contributed by atoms with Crippen molar-refractivity contribution in [2.75, 3.05) is 14.1 Å². The molecule has 0 aliphatic carbocycles. The Morgan fingerprint density at radius 2 is 2.08 bits per heavy atom. The lowest BCUT2D eigenvalue weighted by atomic mass is 10.2. The third-order valence-corrected chi connectivity index (χ3v) is 2.39. The zero-order chi connectivity index (χ0) is 9.84. The molecule has 0 saturated carbocycles. The van der Waals surface area contributed by atoms with Crippen LogP contribution in [0.25, 0.3) is 0 Å². The summed E-state index contributed by atoms with van der Waals surface area (Å²) in [6.07, 6.45) is 1.01. The third kappa shape index (κ3) is 2.52. The van der Waals surface area contributed by atoms with Crippen LogP contribution >= 0.6 is 0 Å². The second kappa shape index (κ2) is 4.38. The quantitative estimate of drug-likeness (QED) is 0.706. The summed E-state index contributed by atoms with van der Waals surface area (Å²) in [6.45, 7) is 4.30. The number of rotatable bonds is 3. The molecule has 1 heterocycles. The summed E-state index contributed by atoms with van der Waals surface area (Å²) in [5, 5.41) is 0. The first kappa shape index (κ1) is 10.2. The van der Waals surface area contributed by atoms with Gasteiger partial charge in [0.1, 0.15) is 0 Å². The van der Waals surface area contributed by atoms with Crippen LogP contribution in [-0.4, -0.2) is 24.0 Å². The van der Waals surface area contributed by atoms with Gasteiger partial charge in [0, 0.05) is 11.7 Å². The first-order valence-electron chi connectivity index (χ1n) is 4.77. The summed E-state index contributed by atoms with van der Waals surface area (Å²) >= 11 is 0. The first-order chi connectivity index (χ1) is 6.15. The molecule has 1 aromatic heterocycles. The molecule has 0 bridgehead atoms. The minimum Gasteiger partial charge on any atom is -0.301 e. The average molecular weight is 178 g/mol. The lowest BCUT2D eigenvalue weighted by Gasteiger charge is -2.19. The van der Waals surface area contributed by atoms with Crippen LogP contribution in [0, 0.1) is 0 Å². The maximum Gasteiger partial charge on any atom is 0.0575 e. The normalized spacial score (nSPS) is 13.3. The van der Waals surface area contributed by atoms with Gasteiger partial charge >= 0.3 is 0 Å². The number of nitrogens with zero attached hydrogens (tertiary/aromatic N) is 2. The molecule has 1 aromatic rings. The number of pyridine rings is 1. The molecule has 0 unspecified atom stereocenters. The van der Waals surface area contributed by atoms with Crippen molar-refractivity contribution in [3.05, 3.63) is 29.6 Å². The highest BCUT2D eigenvalue weighted by molar-refractivity contribution is 5.13. The monoisotopic (exact) mass is 178 g/mol. The van der Waals surface area contributed by atoms with Gasteiger partial charge in [0.25, 0.3) is 0 Å². The zero-order valence-electron chi connectivity index (χ0n) is 8.91. The van der Waals surface area contributed by atoms with E-state index < -0.39 is 0 Å². The molecule has 1 rings (SSSR count). The van der Waals surface area contributed by atoms with Gasteiger partial charge in [-0.25, -0.2) is 0 Å². The summed E-state index contributed by atoms with van der Waals surface area (Å²) in [4.78, 5) is 6.74. The van der Waals surface area contributed by atoms with E-state index >= 15 is 0 Å².